The minimum absolute atomic E-state index is 0.221. The van der Waals surface area contributed by atoms with Crippen LogP contribution in [0.5, 0.6) is 0 Å². The number of hydrogen-bond donors (Lipinski definition) is 2. The summed E-state index contributed by atoms with van der Waals surface area (Å²) in [5.74, 6) is -1.16. The van der Waals surface area contributed by atoms with Crippen molar-refractivity contribution in [2.45, 2.75) is 32.6 Å². The van der Waals surface area contributed by atoms with E-state index >= 15 is 0 Å². The Balaban J connectivity index is 2.47. The molecule has 5 heteroatoms. The lowest BCUT2D eigenvalue weighted by Gasteiger charge is -2.10. The number of carboxylic acids is 1. The van der Waals surface area contributed by atoms with Crippen LogP contribution in [-0.4, -0.2) is 17.0 Å². The molecular formula is C11H13NO3S. The van der Waals surface area contributed by atoms with Crippen LogP contribution in [0.4, 0.5) is 5.00 Å². The summed E-state index contributed by atoms with van der Waals surface area (Å²) < 4.78 is 0. The van der Waals surface area contributed by atoms with Crippen molar-refractivity contribution in [3.63, 3.8) is 0 Å². The highest BCUT2D eigenvalue weighted by atomic mass is 32.1. The Morgan fingerprint density at radius 3 is 2.62 bits per heavy atom. The quantitative estimate of drug-likeness (QED) is 0.832. The molecule has 0 aliphatic heterocycles. The highest BCUT2D eigenvalue weighted by molar-refractivity contribution is 7.17. The second kappa shape index (κ2) is 4.25. The van der Waals surface area contributed by atoms with Gasteiger partial charge in [0.05, 0.1) is 5.56 Å². The number of carbonyl (C=O) groups is 2. The van der Waals surface area contributed by atoms with E-state index in [2.05, 4.69) is 5.32 Å². The van der Waals surface area contributed by atoms with E-state index in [1.807, 2.05) is 0 Å². The van der Waals surface area contributed by atoms with Gasteiger partial charge in [0.25, 0.3) is 0 Å². The van der Waals surface area contributed by atoms with Crippen molar-refractivity contribution in [2.75, 3.05) is 5.32 Å². The maximum atomic E-state index is 11.2. The standard InChI is InChI=1S/C11H13NO3S/c1-6(13)12-10-9(11(14)15)7-4-2-3-5-8(7)16-10/h2-5H2,1H3,(H,12,13)(H,14,15). The number of fused-ring (bicyclic) bond motifs is 1. The Labute approximate surface area is 97.3 Å². The predicted molar refractivity (Wildman–Crippen MR) is 62.2 cm³/mol. The summed E-state index contributed by atoms with van der Waals surface area (Å²) in [6.45, 7) is 1.39. The van der Waals surface area contributed by atoms with E-state index in [9.17, 15) is 14.7 Å². The molecule has 0 aromatic carbocycles. The second-order valence-corrected chi connectivity index (χ2v) is 5.01. The summed E-state index contributed by atoms with van der Waals surface area (Å²) in [6, 6.07) is 0. The van der Waals surface area contributed by atoms with Crippen LogP contribution < -0.4 is 5.32 Å². The highest BCUT2D eigenvalue weighted by Gasteiger charge is 2.25. The zero-order chi connectivity index (χ0) is 11.7. The summed E-state index contributed by atoms with van der Waals surface area (Å²) in [5, 5.41) is 12.3. The SMILES string of the molecule is CC(=O)Nc1sc2c(c1C(=O)O)CCCC2. The van der Waals surface area contributed by atoms with Gasteiger partial charge in [-0.1, -0.05) is 0 Å². The number of aryl methyl sites for hydroxylation is 1. The minimum atomic E-state index is -0.942. The van der Waals surface area contributed by atoms with E-state index in [-0.39, 0.29) is 5.91 Å². The van der Waals surface area contributed by atoms with E-state index in [1.54, 1.807) is 0 Å². The van der Waals surface area contributed by atoms with Crippen LogP contribution in [0.2, 0.25) is 0 Å². The Morgan fingerprint density at radius 2 is 2.00 bits per heavy atom. The lowest BCUT2D eigenvalue weighted by atomic mass is 9.95. The molecule has 1 aromatic rings. The summed E-state index contributed by atoms with van der Waals surface area (Å²) in [7, 11) is 0. The minimum Gasteiger partial charge on any atom is -0.478 e. The molecule has 0 fully saturated rings. The third kappa shape index (κ3) is 1.95. The van der Waals surface area contributed by atoms with Crippen molar-refractivity contribution in [2.24, 2.45) is 0 Å². The first-order chi connectivity index (χ1) is 7.59. The number of hydrogen-bond acceptors (Lipinski definition) is 3. The van der Waals surface area contributed by atoms with Crippen molar-refractivity contribution in [3.05, 3.63) is 16.0 Å². The molecule has 0 unspecified atom stereocenters. The first-order valence-corrected chi connectivity index (χ1v) is 6.06. The zero-order valence-electron chi connectivity index (χ0n) is 9.00. The number of thiophene rings is 1. The Morgan fingerprint density at radius 1 is 1.31 bits per heavy atom. The van der Waals surface area contributed by atoms with Gasteiger partial charge in [0.2, 0.25) is 5.91 Å². The molecule has 0 spiro atoms. The molecule has 1 aromatic heterocycles. The predicted octanol–water partition coefficient (Wildman–Crippen LogP) is 2.28. The largest absolute Gasteiger partial charge is 0.478 e. The summed E-state index contributed by atoms with van der Waals surface area (Å²) in [6.07, 6.45) is 3.88. The van der Waals surface area contributed by atoms with Crippen molar-refractivity contribution < 1.29 is 14.7 Å². The first kappa shape index (κ1) is 11.1. The molecule has 1 heterocycles. The number of rotatable bonds is 2. The normalized spacial score (nSPS) is 14.3. The molecule has 0 radical (unpaired) electrons. The third-order valence-corrected chi connectivity index (χ3v) is 3.88. The number of nitrogens with one attached hydrogen (secondary N) is 1. The Kier molecular flexibility index (Phi) is 2.96. The number of carbonyl (C=O) groups excluding carboxylic acids is 1. The van der Waals surface area contributed by atoms with Gasteiger partial charge in [-0.05, 0) is 31.2 Å². The van der Waals surface area contributed by atoms with Gasteiger partial charge in [0.15, 0.2) is 0 Å². The van der Waals surface area contributed by atoms with Crippen molar-refractivity contribution in [3.8, 4) is 0 Å². The number of carboxylic acid groups (broad SMARTS) is 1. The molecular weight excluding hydrogens is 226 g/mol. The molecule has 0 saturated heterocycles. The van der Waals surface area contributed by atoms with Crippen molar-refractivity contribution >= 4 is 28.2 Å². The average molecular weight is 239 g/mol. The molecule has 0 atom stereocenters. The second-order valence-electron chi connectivity index (χ2n) is 3.90. The Bertz CT molecular complexity index is 450. The van der Waals surface area contributed by atoms with Crippen LogP contribution in [0.25, 0.3) is 0 Å². The molecule has 2 N–H and O–H groups in total. The van der Waals surface area contributed by atoms with Gasteiger partial charge in [0.1, 0.15) is 5.00 Å². The fourth-order valence-corrected chi connectivity index (χ4v) is 3.37. The van der Waals surface area contributed by atoms with E-state index in [0.717, 1.165) is 36.1 Å². The highest BCUT2D eigenvalue weighted by Crippen LogP contribution is 2.37. The third-order valence-electron chi connectivity index (χ3n) is 2.67. The van der Waals surface area contributed by atoms with E-state index in [1.165, 1.54) is 18.3 Å². The maximum absolute atomic E-state index is 11.2. The smallest absolute Gasteiger partial charge is 0.339 e. The van der Waals surface area contributed by atoms with Crippen LogP contribution in [0.15, 0.2) is 0 Å². The van der Waals surface area contributed by atoms with E-state index in [4.69, 9.17) is 0 Å². The molecule has 1 amide bonds. The van der Waals surface area contributed by atoms with Crippen molar-refractivity contribution in [1.29, 1.82) is 0 Å². The lowest BCUT2D eigenvalue weighted by Crippen LogP contribution is -2.10. The molecule has 1 aliphatic carbocycles. The van der Waals surface area contributed by atoms with E-state index in [0.29, 0.717) is 10.6 Å². The van der Waals surface area contributed by atoms with Gasteiger partial charge < -0.3 is 10.4 Å². The van der Waals surface area contributed by atoms with Crippen molar-refractivity contribution in [1.82, 2.24) is 0 Å². The number of amides is 1. The molecule has 1 aliphatic rings. The summed E-state index contributed by atoms with van der Waals surface area (Å²) in [4.78, 5) is 23.3. The van der Waals surface area contributed by atoms with Gasteiger partial charge >= 0.3 is 5.97 Å². The average Bonchev–Trinajstić information content (AvgIpc) is 2.53. The van der Waals surface area contributed by atoms with E-state index < -0.39 is 5.97 Å². The van der Waals surface area contributed by atoms with Crippen LogP contribution in [0.3, 0.4) is 0 Å². The lowest BCUT2D eigenvalue weighted by molar-refractivity contribution is -0.114. The molecule has 0 bridgehead atoms. The van der Waals surface area contributed by atoms with Crippen LogP contribution >= 0.6 is 11.3 Å². The maximum Gasteiger partial charge on any atom is 0.339 e. The first-order valence-electron chi connectivity index (χ1n) is 5.25. The summed E-state index contributed by atoms with van der Waals surface area (Å²) >= 11 is 1.41. The number of anilines is 1. The van der Waals surface area contributed by atoms with Gasteiger partial charge in [-0.3, -0.25) is 4.79 Å². The fourth-order valence-electron chi connectivity index (χ4n) is 2.04. The number of aromatic carboxylic acids is 1. The van der Waals surface area contributed by atoms with Gasteiger partial charge in [-0.25, -0.2) is 4.79 Å². The zero-order valence-corrected chi connectivity index (χ0v) is 9.82. The fraction of sp³-hybridized carbons (Fsp3) is 0.455. The molecule has 86 valence electrons. The topological polar surface area (TPSA) is 66.4 Å². The van der Waals surface area contributed by atoms with Crippen LogP contribution in [0, 0.1) is 0 Å². The molecule has 0 saturated carbocycles. The monoisotopic (exact) mass is 239 g/mol. The molecule has 4 nitrogen and oxygen atoms in total. The van der Waals surface area contributed by atoms with Gasteiger partial charge in [-0.15, -0.1) is 11.3 Å². The van der Waals surface area contributed by atoms with Crippen LogP contribution in [0.1, 0.15) is 40.6 Å². The van der Waals surface area contributed by atoms with Gasteiger partial charge in [0, 0.05) is 11.8 Å². The molecule has 2 rings (SSSR count). The molecule has 16 heavy (non-hydrogen) atoms. The van der Waals surface area contributed by atoms with Crippen LogP contribution in [-0.2, 0) is 17.6 Å². The van der Waals surface area contributed by atoms with Gasteiger partial charge in [-0.2, -0.15) is 0 Å². The summed E-state index contributed by atoms with van der Waals surface area (Å²) in [5.41, 5.74) is 1.22. The Hall–Kier alpha value is -1.36.